The van der Waals surface area contributed by atoms with Crippen LogP contribution in [0.25, 0.3) is 22.4 Å². The number of nitrogens with zero attached hydrogens (tertiary/aromatic N) is 3. The van der Waals surface area contributed by atoms with Gasteiger partial charge >= 0.3 is 6.09 Å². The number of carboxylic acid groups (broad SMARTS) is 1. The van der Waals surface area contributed by atoms with Gasteiger partial charge in [0, 0.05) is 12.5 Å². The molecule has 4 rings (SSSR count). The monoisotopic (exact) mass is 572 g/mol. The van der Waals surface area contributed by atoms with Crippen LogP contribution in [0.1, 0.15) is 108 Å². The molecule has 42 heavy (non-hydrogen) atoms. The average Bonchev–Trinajstić information content (AvgIpc) is 3.78. The fourth-order valence-electron chi connectivity index (χ4n) is 5.53. The molecule has 4 N–H and O–H groups in total. The van der Waals surface area contributed by atoms with Gasteiger partial charge in [-0.2, -0.15) is 0 Å². The molecule has 9 nitrogen and oxygen atoms in total. The van der Waals surface area contributed by atoms with E-state index in [1.165, 1.54) is 29.6 Å². The van der Waals surface area contributed by atoms with Crippen molar-refractivity contribution in [3.05, 3.63) is 71.7 Å². The third-order valence-corrected chi connectivity index (χ3v) is 8.09. The maximum absolute atomic E-state index is 12.5. The van der Waals surface area contributed by atoms with E-state index in [4.69, 9.17) is 5.11 Å². The van der Waals surface area contributed by atoms with Gasteiger partial charge in [0.25, 0.3) is 0 Å². The summed E-state index contributed by atoms with van der Waals surface area (Å²) in [7, 11) is 0. The van der Waals surface area contributed by atoms with Crippen LogP contribution in [0.5, 0.6) is 0 Å². The molecule has 9 heteroatoms. The molecule has 1 aliphatic heterocycles. The Morgan fingerprint density at radius 1 is 1.07 bits per heavy atom. The Morgan fingerprint density at radius 2 is 1.81 bits per heavy atom. The zero-order valence-electron chi connectivity index (χ0n) is 25.2. The molecule has 1 aromatic carbocycles. The number of H-pyrrole nitrogens is 2. The van der Waals surface area contributed by atoms with E-state index < -0.39 is 6.09 Å². The van der Waals surface area contributed by atoms with Gasteiger partial charge in [-0.15, -0.1) is 0 Å². The van der Waals surface area contributed by atoms with Crippen LogP contribution in [-0.4, -0.2) is 55.0 Å². The summed E-state index contributed by atoms with van der Waals surface area (Å²) in [4.78, 5) is 41.2. The van der Waals surface area contributed by atoms with Crippen molar-refractivity contribution in [1.82, 2.24) is 30.2 Å². The summed E-state index contributed by atoms with van der Waals surface area (Å²) in [5, 5.41) is 11.0. The van der Waals surface area contributed by atoms with E-state index in [9.17, 15) is 9.59 Å². The highest BCUT2D eigenvalue weighted by molar-refractivity contribution is 5.82. The van der Waals surface area contributed by atoms with E-state index in [1.807, 2.05) is 6.20 Å². The summed E-state index contributed by atoms with van der Waals surface area (Å²) in [6, 6.07) is 8.27. The lowest BCUT2D eigenvalue weighted by molar-refractivity contribution is -0.131. The number of rotatable bonds is 13. The van der Waals surface area contributed by atoms with E-state index in [0.29, 0.717) is 12.5 Å². The number of aromatic amines is 2. The number of carbonyl (C=O) groups is 2. The SMILES string of the molecule is CCCCC(C)c1ncc(/C(=C/C=C(\CC)c2ccc(-c3cnc(C4CCCN4C(=O)CNC(=O)O)[nH]3)cc2)CC)[nH]1. The number of nitrogens with one attached hydrogen (secondary N) is 3. The van der Waals surface area contributed by atoms with Crippen LogP contribution in [0, 0.1) is 0 Å². The summed E-state index contributed by atoms with van der Waals surface area (Å²) in [6.07, 6.45) is 14.0. The molecule has 0 spiro atoms. The third kappa shape index (κ3) is 7.57. The maximum atomic E-state index is 12.5. The van der Waals surface area contributed by atoms with Crippen molar-refractivity contribution in [2.24, 2.45) is 0 Å². The highest BCUT2D eigenvalue weighted by atomic mass is 16.4. The Hall–Kier alpha value is -4.14. The molecule has 1 fully saturated rings. The minimum atomic E-state index is -1.20. The summed E-state index contributed by atoms with van der Waals surface area (Å²) in [5.41, 5.74) is 6.66. The second kappa shape index (κ2) is 14.7. The van der Waals surface area contributed by atoms with E-state index >= 15 is 0 Å². The quantitative estimate of drug-likeness (QED) is 0.160. The van der Waals surface area contributed by atoms with Crippen molar-refractivity contribution in [2.75, 3.05) is 13.1 Å². The zero-order chi connectivity index (χ0) is 30.1. The first-order chi connectivity index (χ1) is 20.3. The number of benzene rings is 1. The fourth-order valence-corrected chi connectivity index (χ4v) is 5.53. The van der Waals surface area contributed by atoms with Crippen molar-refractivity contribution in [2.45, 2.75) is 84.6 Å². The number of amides is 2. The lowest BCUT2D eigenvalue weighted by Crippen LogP contribution is -2.39. The Bertz CT molecular complexity index is 1400. The third-order valence-electron chi connectivity index (χ3n) is 8.09. The van der Waals surface area contributed by atoms with E-state index in [-0.39, 0.29) is 18.5 Å². The smallest absolute Gasteiger partial charge is 0.405 e. The number of hydrogen-bond acceptors (Lipinski definition) is 4. The molecule has 3 aromatic rings. The van der Waals surface area contributed by atoms with Crippen molar-refractivity contribution in [3.63, 3.8) is 0 Å². The van der Waals surface area contributed by atoms with Crippen LogP contribution in [0.4, 0.5) is 4.79 Å². The number of hydrogen-bond donors (Lipinski definition) is 4. The molecule has 0 radical (unpaired) electrons. The molecule has 2 aromatic heterocycles. The molecule has 2 amide bonds. The van der Waals surface area contributed by atoms with Gasteiger partial charge in [0.05, 0.1) is 29.8 Å². The van der Waals surface area contributed by atoms with Crippen LogP contribution in [0.2, 0.25) is 0 Å². The van der Waals surface area contributed by atoms with Gasteiger partial charge in [0.2, 0.25) is 5.91 Å². The number of unbranched alkanes of at least 4 members (excludes halogenated alkanes) is 1. The Balaban J connectivity index is 1.46. The van der Waals surface area contributed by atoms with Crippen LogP contribution in [0.3, 0.4) is 0 Å². The van der Waals surface area contributed by atoms with Crippen molar-refractivity contribution < 1.29 is 14.7 Å². The first kappa shape index (κ1) is 30.8. The number of aromatic nitrogens is 4. The lowest BCUT2D eigenvalue weighted by Gasteiger charge is -2.23. The van der Waals surface area contributed by atoms with Crippen LogP contribution >= 0.6 is 0 Å². The largest absolute Gasteiger partial charge is 0.465 e. The highest BCUT2D eigenvalue weighted by Crippen LogP contribution is 2.32. The normalized spacial score (nSPS) is 16.6. The molecule has 1 aliphatic rings. The summed E-state index contributed by atoms with van der Waals surface area (Å²) in [5.74, 6) is 1.99. The first-order valence-corrected chi connectivity index (χ1v) is 15.2. The molecule has 224 valence electrons. The molecule has 2 atom stereocenters. The van der Waals surface area contributed by atoms with Crippen molar-refractivity contribution in [1.29, 1.82) is 0 Å². The van der Waals surface area contributed by atoms with Gasteiger partial charge in [-0.05, 0) is 54.4 Å². The molecule has 0 aliphatic carbocycles. The predicted molar refractivity (Wildman–Crippen MR) is 167 cm³/mol. The van der Waals surface area contributed by atoms with Crippen molar-refractivity contribution in [3.8, 4) is 11.3 Å². The fraction of sp³-hybridized carbons (Fsp3) is 0.455. The zero-order valence-corrected chi connectivity index (χ0v) is 25.2. The van der Waals surface area contributed by atoms with Gasteiger partial charge < -0.3 is 25.3 Å². The van der Waals surface area contributed by atoms with Crippen molar-refractivity contribution >= 4 is 23.1 Å². The topological polar surface area (TPSA) is 127 Å². The number of allylic oxidation sites excluding steroid dienone is 4. The molecule has 3 heterocycles. The number of likely N-dealkylation sites (tertiary alicyclic amines) is 1. The first-order valence-electron chi connectivity index (χ1n) is 15.2. The molecule has 1 saturated heterocycles. The minimum Gasteiger partial charge on any atom is -0.465 e. The second-order valence-electron chi connectivity index (χ2n) is 11.0. The Morgan fingerprint density at radius 3 is 2.50 bits per heavy atom. The highest BCUT2D eigenvalue weighted by Gasteiger charge is 2.32. The van der Waals surface area contributed by atoms with Gasteiger partial charge in [-0.1, -0.05) is 77.0 Å². The second-order valence-corrected chi connectivity index (χ2v) is 11.0. The van der Waals surface area contributed by atoms with Gasteiger partial charge in [0.15, 0.2) is 0 Å². The molecule has 2 unspecified atom stereocenters. The van der Waals surface area contributed by atoms with Gasteiger partial charge in [-0.25, -0.2) is 14.8 Å². The average molecular weight is 573 g/mol. The lowest BCUT2D eigenvalue weighted by atomic mass is 9.99. The summed E-state index contributed by atoms with van der Waals surface area (Å²) >= 11 is 0. The van der Waals surface area contributed by atoms with E-state index in [2.05, 4.69) is 89.4 Å². The number of imidazole rings is 2. The predicted octanol–water partition coefficient (Wildman–Crippen LogP) is 7.31. The van der Waals surface area contributed by atoms with Gasteiger partial charge in [0.1, 0.15) is 18.2 Å². The Labute approximate surface area is 248 Å². The Kier molecular flexibility index (Phi) is 10.8. The molecular formula is C33H44N6O3. The number of carbonyl (C=O) groups excluding carboxylic acids is 1. The minimum absolute atomic E-state index is 0.180. The standard InChI is InChI=1S/C33H44N6O3/c1-5-8-10-22(4)31-34-19-27(37-31)24(7-3)13-12-23(6-2)25-14-16-26(17-15-25)28-20-35-32(38-28)29-11-9-18-39(29)30(40)21-36-33(41)42/h12-17,19-20,22,29,36H,5-11,18,21H2,1-4H3,(H,34,37)(H,35,38)(H,41,42)/b23-12+,24-13+. The van der Waals surface area contributed by atoms with Crippen LogP contribution in [-0.2, 0) is 4.79 Å². The van der Waals surface area contributed by atoms with Crippen LogP contribution < -0.4 is 5.32 Å². The molecular weight excluding hydrogens is 528 g/mol. The van der Waals surface area contributed by atoms with Gasteiger partial charge in [-0.3, -0.25) is 4.79 Å². The maximum Gasteiger partial charge on any atom is 0.405 e. The van der Waals surface area contributed by atoms with E-state index in [1.54, 1.807) is 11.1 Å². The van der Waals surface area contributed by atoms with E-state index in [0.717, 1.165) is 60.7 Å². The summed E-state index contributed by atoms with van der Waals surface area (Å²) < 4.78 is 0. The van der Waals surface area contributed by atoms with Crippen LogP contribution in [0.15, 0.2) is 48.8 Å². The summed E-state index contributed by atoms with van der Waals surface area (Å²) in [6.45, 7) is 9.17. The molecule has 0 bridgehead atoms. The molecule has 0 saturated carbocycles.